The number of carbonyl (C=O) groups is 7. The molecule has 2 aromatic carbocycles. The van der Waals surface area contributed by atoms with E-state index in [4.69, 9.17) is 14.2 Å². The van der Waals surface area contributed by atoms with Gasteiger partial charge in [0.1, 0.15) is 31.3 Å². The van der Waals surface area contributed by atoms with Gasteiger partial charge in [0.05, 0.1) is 13.2 Å². The van der Waals surface area contributed by atoms with Crippen molar-refractivity contribution in [2.45, 2.75) is 19.3 Å². The van der Waals surface area contributed by atoms with Crippen molar-refractivity contribution in [3.63, 3.8) is 0 Å². The topological polar surface area (TPSA) is 154 Å². The molecule has 4 rings (SSSR count). The van der Waals surface area contributed by atoms with Crippen molar-refractivity contribution in [2.24, 2.45) is 0 Å². The van der Waals surface area contributed by atoms with Gasteiger partial charge < -0.3 is 14.2 Å². The summed E-state index contributed by atoms with van der Waals surface area (Å²) in [5.74, 6) is -2.18. The third-order valence-electron chi connectivity index (χ3n) is 6.39. The quantitative estimate of drug-likeness (QED) is 0.123. The number of amides is 4. The number of ether oxygens (including phenoxy) is 3. The minimum atomic E-state index is -0.733. The summed E-state index contributed by atoms with van der Waals surface area (Å²) >= 11 is 0. The van der Waals surface area contributed by atoms with Crippen LogP contribution in [0.4, 0.5) is 0 Å². The van der Waals surface area contributed by atoms with Crippen LogP contribution in [0.5, 0.6) is 11.5 Å². The standard InChI is InChI=1S/C31H28N2O10/c34-23(19-32-26(35)12-13-27(32)36)3-1-2-16-41-24-8-4-21(5-9-24)31(40)22-6-10-25(11-7-22)42-17-18-43-30(39)20-33-28(37)14-15-29(33)38/h4-15H,1-3,16-20H2. The molecule has 0 fully saturated rings. The van der Waals surface area contributed by atoms with E-state index in [1.165, 1.54) is 0 Å². The van der Waals surface area contributed by atoms with Crippen LogP contribution in [0.3, 0.4) is 0 Å². The van der Waals surface area contributed by atoms with E-state index in [0.717, 1.165) is 34.1 Å². The molecular weight excluding hydrogens is 560 g/mol. The lowest BCUT2D eigenvalue weighted by atomic mass is 10.0. The smallest absolute Gasteiger partial charge is 0.326 e. The number of hydrogen-bond acceptors (Lipinski definition) is 10. The lowest BCUT2D eigenvalue weighted by Crippen LogP contribution is -2.36. The Bertz CT molecular complexity index is 1440. The second-order valence-electron chi connectivity index (χ2n) is 9.48. The van der Waals surface area contributed by atoms with Crippen molar-refractivity contribution < 1.29 is 47.8 Å². The molecule has 2 aliphatic heterocycles. The van der Waals surface area contributed by atoms with Crippen LogP contribution in [0, 0.1) is 0 Å². The maximum absolute atomic E-state index is 12.8. The highest BCUT2D eigenvalue weighted by Gasteiger charge is 2.26. The first-order valence-corrected chi connectivity index (χ1v) is 13.5. The largest absolute Gasteiger partial charge is 0.494 e. The van der Waals surface area contributed by atoms with Gasteiger partial charge in [-0.2, -0.15) is 0 Å². The van der Waals surface area contributed by atoms with E-state index in [-0.39, 0.29) is 37.7 Å². The first-order valence-electron chi connectivity index (χ1n) is 13.5. The van der Waals surface area contributed by atoms with Crippen LogP contribution in [0.1, 0.15) is 35.2 Å². The molecule has 0 atom stereocenters. The summed E-state index contributed by atoms with van der Waals surface area (Å²) < 4.78 is 16.2. The molecule has 222 valence electrons. The molecule has 12 nitrogen and oxygen atoms in total. The van der Waals surface area contributed by atoms with Crippen molar-refractivity contribution in [3.8, 4) is 11.5 Å². The highest BCUT2D eigenvalue weighted by molar-refractivity contribution is 6.15. The summed E-state index contributed by atoms with van der Waals surface area (Å²) in [6.45, 7) is -0.379. The molecule has 0 radical (unpaired) electrons. The van der Waals surface area contributed by atoms with Gasteiger partial charge in [-0.25, -0.2) is 0 Å². The number of ketones is 2. The molecule has 0 aliphatic carbocycles. The highest BCUT2D eigenvalue weighted by atomic mass is 16.6. The average molecular weight is 589 g/mol. The van der Waals surface area contributed by atoms with E-state index in [9.17, 15) is 33.6 Å². The Balaban J connectivity index is 1.11. The van der Waals surface area contributed by atoms with Gasteiger partial charge in [0, 0.05) is 41.9 Å². The lowest BCUT2D eigenvalue weighted by molar-refractivity contribution is -0.152. The number of carbonyl (C=O) groups excluding carboxylic acids is 7. The molecule has 2 aliphatic rings. The van der Waals surface area contributed by atoms with E-state index in [0.29, 0.717) is 42.1 Å². The molecule has 0 bridgehead atoms. The fourth-order valence-electron chi connectivity index (χ4n) is 4.11. The zero-order valence-electron chi connectivity index (χ0n) is 23.1. The highest BCUT2D eigenvalue weighted by Crippen LogP contribution is 2.19. The summed E-state index contributed by atoms with van der Waals surface area (Å²) in [7, 11) is 0. The number of unbranched alkanes of at least 4 members (excludes halogenated alkanes) is 1. The zero-order valence-corrected chi connectivity index (χ0v) is 23.1. The van der Waals surface area contributed by atoms with Gasteiger partial charge in [0.2, 0.25) is 0 Å². The van der Waals surface area contributed by atoms with E-state index >= 15 is 0 Å². The number of benzene rings is 2. The summed E-state index contributed by atoms with van der Waals surface area (Å²) in [4.78, 5) is 84.4. The van der Waals surface area contributed by atoms with Gasteiger partial charge >= 0.3 is 5.97 Å². The molecule has 0 saturated carbocycles. The Kier molecular flexibility index (Phi) is 10.3. The monoisotopic (exact) mass is 588 g/mol. The Morgan fingerprint density at radius 1 is 0.558 bits per heavy atom. The van der Waals surface area contributed by atoms with E-state index in [2.05, 4.69) is 0 Å². The predicted molar refractivity (Wildman–Crippen MR) is 149 cm³/mol. The third kappa shape index (κ3) is 8.55. The summed E-state index contributed by atoms with van der Waals surface area (Å²) in [6, 6.07) is 13.1. The predicted octanol–water partition coefficient (Wildman–Crippen LogP) is 1.81. The normalized spacial score (nSPS) is 14.0. The Hall–Kier alpha value is -5.39. The molecule has 12 heteroatoms. The lowest BCUT2D eigenvalue weighted by Gasteiger charge is -2.13. The van der Waals surface area contributed by atoms with Crippen LogP contribution in [-0.2, 0) is 33.5 Å². The van der Waals surface area contributed by atoms with Crippen molar-refractivity contribution in [2.75, 3.05) is 32.9 Å². The van der Waals surface area contributed by atoms with E-state index in [1.807, 2.05) is 0 Å². The first kappa shape index (κ1) is 30.6. The fraction of sp³-hybridized carbons (Fsp3) is 0.258. The average Bonchev–Trinajstić information content (AvgIpc) is 3.49. The number of imide groups is 2. The number of rotatable bonds is 16. The maximum Gasteiger partial charge on any atom is 0.326 e. The van der Waals surface area contributed by atoms with Crippen LogP contribution in [0.2, 0.25) is 0 Å². The van der Waals surface area contributed by atoms with Gasteiger partial charge in [-0.1, -0.05) is 0 Å². The van der Waals surface area contributed by atoms with Crippen molar-refractivity contribution >= 4 is 41.2 Å². The van der Waals surface area contributed by atoms with Crippen LogP contribution in [-0.4, -0.2) is 83.9 Å². The zero-order chi connectivity index (χ0) is 30.8. The Labute approximate surface area is 246 Å². The molecule has 0 N–H and O–H groups in total. The van der Waals surface area contributed by atoms with Gasteiger partial charge in [-0.3, -0.25) is 43.4 Å². The minimum Gasteiger partial charge on any atom is -0.494 e. The van der Waals surface area contributed by atoms with Gasteiger partial charge in [0.15, 0.2) is 11.6 Å². The van der Waals surface area contributed by atoms with Crippen LogP contribution in [0.25, 0.3) is 0 Å². The minimum absolute atomic E-state index is 0.0370. The maximum atomic E-state index is 12.8. The second kappa shape index (κ2) is 14.5. The summed E-state index contributed by atoms with van der Waals surface area (Å²) in [6.07, 6.45) is 5.84. The van der Waals surface area contributed by atoms with Crippen LogP contribution in [0.15, 0.2) is 72.8 Å². The van der Waals surface area contributed by atoms with Crippen molar-refractivity contribution in [3.05, 3.63) is 84.0 Å². The number of nitrogens with zero attached hydrogens (tertiary/aromatic N) is 2. The van der Waals surface area contributed by atoms with Crippen LogP contribution >= 0.6 is 0 Å². The first-order chi connectivity index (χ1) is 20.7. The van der Waals surface area contributed by atoms with Crippen molar-refractivity contribution in [1.29, 1.82) is 0 Å². The van der Waals surface area contributed by atoms with E-state index in [1.54, 1.807) is 48.5 Å². The molecular formula is C31H28N2O10. The number of Topliss-reactive ketones (excluding diaryl/α,β-unsaturated/α-hetero) is 1. The molecule has 0 spiro atoms. The Morgan fingerprint density at radius 3 is 1.53 bits per heavy atom. The van der Waals surface area contributed by atoms with Gasteiger partial charge in [0.25, 0.3) is 23.6 Å². The second-order valence-corrected chi connectivity index (χ2v) is 9.48. The number of esters is 1. The molecule has 0 unspecified atom stereocenters. The third-order valence-corrected chi connectivity index (χ3v) is 6.39. The Morgan fingerprint density at radius 2 is 1.02 bits per heavy atom. The van der Waals surface area contributed by atoms with E-state index < -0.39 is 36.1 Å². The van der Waals surface area contributed by atoms with Crippen molar-refractivity contribution in [1.82, 2.24) is 9.80 Å². The molecule has 43 heavy (non-hydrogen) atoms. The fourth-order valence-corrected chi connectivity index (χ4v) is 4.11. The number of hydrogen-bond donors (Lipinski definition) is 0. The molecule has 2 aromatic rings. The SMILES string of the molecule is O=C(CCCCOc1ccc(C(=O)c2ccc(OCCOC(=O)CN3C(=O)C=CC3=O)cc2)cc1)CN1C(=O)C=CC1=O. The summed E-state index contributed by atoms with van der Waals surface area (Å²) in [5, 5.41) is 0. The summed E-state index contributed by atoms with van der Waals surface area (Å²) in [5.41, 5.74) is 0.906. The van der Waals surface area contributed by atoms with Gasteiger partial charge in [-0.15, -0.1) is 0 Å². The van der Waals surface area contributed by atoms with Crippen LogP contribution < -0.4 is 9.47 Å². The molecule has 0 saturated heterocycles. The molecule has 2 heterocycles. The van der Waals surface area contributed by atoms with Gasteiger partial charge in [-0.05, 0) is 61.4 Å². The molecule has 0 aromatic heterocycles. The molecule has 4 amide bonds.